The fourth-order valence-electron chi connectivity index (χ4n) is 2.17. The van der Waals surface area contributed by atoms with Crippen molar-refractivity contribution in [2.45, 2.75) is 44.2 Å². The maximum absolute atomic E-state index is 10.1. The Morgan fingerprint density at radius 3 is 2.93 bits per heavy atom. The maximum atomic E-state index is 10.1. The van der Waals surface area contributed by atoms with Crippen LogP contribution in [0.25, 0.3) is 0 Å². The zero-order chi connectivity index (χ0) is 10.7. The van der Waals surface area contributed by atoms with E-state index in [0.29, 0.717) is 6.54 Å². The Labute approximate surface area is 90.1 Å². The van der Waals surface area contributed by atoms with E-state index in [4.69, 9.17) is 0 Å². The van der Waals surface area contributed by atoms with E-state index in [1.807, 2.05) is 6.07 Å². The third-order valence-electron chi connectivity index (χ3n) is 3.26. The molecule has 1 saturated carbocycles. The Morgan fingerprint density at radius 1 is 1.60 bits per heavy atom. The van der Waals surface area contributed by atoms with Gasteiger partial charge in [0.1, 0.15) is 0 Å². The van der Waals surface area contributed by atoms with E-state index in [1.165, 1.54) is 0 Å². The van der Waals surface area contributed by atoms with Crippen LogP contribution in [0, 0.1) is 0 Å². The van der Waals surface area contributed by atoms with Crippen molar-refractivity contribution in [1.29, 1.82) is 0 Å². The Morgan fingerprint density at radius 2 is 2.33 bits per heavy atom. The summed E-state index contributed by atoms with van der Waals surface area (Å²) in [5, 5.41) is 20.3. The molecule has 15 heavy (non-hydrogen) atoms. The third-order valence-corrected chi connectivity index (χ3v) is 3.26. The SMILES string of the molecule is CC(NCC1(O)CCCC1)c1ccn[nH]1. The summed E-state index contributed by atoms with van der Waals surface area (Å²) in [4.78, 5) is 0. The van der Waals surface area contributed by atoms with Gasteiger partial charge >= 0.3 is 0 Å². The normalized spacial score (nSPS) is 21.7. The number of aromatic nitrogens is 2. The van der Waals surface area contributed by atoms with Crippen molar-refractivity contribution in [3.8, 4) is 0 Å². The highest BCUT2D eigenvalue weighted by Crippen LogP contribution is 2.29. The first-order chi connectivity index (χ1) is 7.20. The average Bonchev–Trinajstić information content (AvgIpc) is 2.85. The van der Waals surface area contributed by atoms with Crippen LogP contribution in [0.5, 0.6) is 0 Å². The molecule has 1 aromatic heterocycles. The van der Waals surface area contributed by atoms with Gasteiger partial charge in [0.2, 0.25) is 0 Å². The number of aromatic amines is 1. The number of aliphatic hydroxyl groups is 1. The van der Waals surface area contributed by atoms with E-state index in [2.05, 4.69) is 22.4 Å². The molecule has 1 aliphatic rings. The molecular formula is C11H19N3O. The van der Waals surface area contributed by atoms with Crippen LogP contribution in [0.2, 0.25) is 0 Å². The molecule has 0 saturated heterocycles. The largest absolute Gasteiger partial charge is 0.389 e. The predicted octanol–water partition coefficient (Wildman–Crippen LogP) is 1.37. The summed E-state index contributed by atoms with van der Waals surface area (Å²) < 4.78 is 0. The van der Waals surface area contributed by atoms with Crippen molar-refractivity contribution in [2.75, 3.05) is 6.54 Å². The zero-order valence-electron chi connectivity index (χ0n) is 9.16. The summed E-state index contributed by atoms with van der Waals surface area (Å²) in [5.41, 5.74) is 0.588. The summed E-state index contributed by atoms with van der Waals surface area (Å²) in [6.45, 7) is 2.75. The Hall–Kier alpha value is -0.870. The molecule has 1 fully saturated rings. The second-order valence-corrected chi connectivity index (χ2v) is 4.55. The Kier molecular flexibility index (Phi) is 3.07. The van der Waals surface area contributed by atoms with Crippen molar-refractivity contribution in [2.24, 2.45) is 0 Å². The van der Waals surface area contributed by atoms with Crippen molar-refractivity contribution >= 4 is 0 Å². The fraction of sp³-hybridized carbons (Fsp3) is 0.727. The van der Waals surface area contributed by atoms with Gasteiger partial charge in [0, 0.05) is 18.8 Å². The molecule has 4 nitrogen and oxygen atoms in total. The van der Waals surface area contributed by atoms with Crippen LogP contribution >= 0.6 is 0 Å². The topological polar surface area (TPSA) is 60.9 Å². The lowest BCUT2D eigenvalue weighted by Crippen LogP contribution is -2.39. The van der Waals surface area contributed by atoms with Crippen LogP contribution in [0.4, 0.5) is 0 Å². The van der Waals surface area contributed by atoms with Gasteiger partial charge in [-0.25, -0.2) is 0 Å². The van der Waals surface area contributed by atoms with Gasteiger partial charge in [-0.3, -0.25) is 5.10 Å². The van der Waals surface area contributed by atoms with Gasteiger partial charge in [-0.2, -0.15) is 5.10 Å². The summed E-state index contributed by atoms with van der Waals surface area (Å²) in [7, 11) is 0. The summed E-state index contributed by atoms with van der Waals surface area (Å²) in [6.07, 6.45) is 5.90. The fourth-order valence-corrected chi connectivity index (χ4v) is 2.17. The van der Waals surface area contributed by atoms with Gasteiger partial charge in [-0.05, 0) is 25.8 Å². The Balaban J connectivity index is 1.83. The van der Waals surface area contributed by atoms with Gasteiger partial charge in [-0.15, -0.1) is 0 Å². The molecule has 84 valence electrons. The highest BCUT2D eigenvalue weighted by Gasteiger charge is 2.31. The highest BCUT2D eigenvalue weighted by atomic mass is 16.3. The quantitative estimate of drug-likeness (QED) is 0.701. The van der Waals surface area contributed by atoms with Crippen LogP contribution in [0.1, 0.15) is 44.3 Å². The number of hydrogen-bond acceptors (Lipinski definition) is 3. The van der Waals surface area contributed by atoms with Crippen molar-refractivity contribution in [3.05, 3.63) is 18.0 Å². The average molecular weight is 209 g/mol. The van der Waals surface area contributed by atoms with Gasteiger partial charge in [0.05, 0.1) is 11.3 Å². The molecule has 0 bridgehead atoms. The van der Waals surface area contributed by atoms with Crippen molar-refractivity contribution in [1.82, 2.24) is 15.5 Å². The third kappa shape index (κ3) is 2.58. The lowest BCUT2D eigenvalue weighted by Gasteiger charge is -2.24. The summed E-state index contributed by atoms with van der Waals surface area (Å²) in [5.74, 6) is 0. The van der Waals surface area contributed by atoms with Crippen LogP contribution in [-0.4, -0.2) is 27.4 Å². The second-order valence-electron chi connectivity index (χ2n) is 4.55. The molecule has 1 unspecified atom stereocenters. The lowest BCUT2D eigenvalue weighted by molar-refractivity contribution is 0.0452. The molecule has 0 amide bonds. The highest BCUT2D eigenvalue weighted by molar-refractivity contribution is 5.03. The minimum absolute atomic E-state index is 0.220. The molecular weight excluding hydrogens is 190 g/mol. The molecule has 0 aromatic carbocycles. The predicted molar refractivity (Wildman–Crippen MR) is 58.4 cm³/mol. The minimum atomic E-state index is -0.478. The van der Waals surface area contributed by atoms with Gasteiger partial charge in [0.15, 0.2) is 0 Å². The van der Waals surface area contributed by atoms with Crippen LogP contribution in [-0.2, 0) is 0 Å². The smallest absolute Gasteiger partial charge is 0.0771 e. The van der Waals surface area contributed by atoms with E-state index in [0.717, 1.165) is 31.4 Å². The molecule has 2 rings (SSSR count). The second kappa shape index (κ2) is 4.33. The van der Waals surface area contributed by atoms with E-state index in [-0.39, 0.29) is 6.04 Å². The molecule has 1 atom stereocenters. The van der Waals surface area contributed by atoms with Crippen LogP contribution < -0.4 is 5.32 Å². The van der Waals surface area contributed by atoms with Crippen LogP contribution in [0.15, 0.2) is 12.3 Å². The van der Waals surface area contributed by atoms with Gasteiger partial charge < -0.3 is 10.4 Å². The zero-order valence-corrected chi connectivity index (χ0v) is 9.16. The van der Waals surface area contributed by atoms with Gasteiger partial charge in [-0.1, -0.05) is 12.8 Å². The standard InChI is InChI=1S/C11H19N3O/c1-9(10-4-7-13-14-10)12-8-11(15)5-2-3-6-11/h4,7,9,12,15H,2-3,5-6,8H2,1H3,(H,13,14). The molecule has 4 heteroatoms. The summed E-state index contributed by atoms with van der Waals surface area (Å²) >= 11 is 0. The molecule has 0 spiro atoms. The monoisotopic (exact) mass is 209 g/mol. The first-order valence-electron chi connectivity index (χ1n) is 5.65. The lowest BCUT2D eigenvalue weighted by atomic mass is 10.0. The van der Waals surface area contributed by atoms with E-state index < -0.39 is 5.60 Å². The van der Waals surface area contributed by atoms with Gasteiger partial charge in [0.25, 0.3) is 0 Å². The first-order valence-corrected chi connectivity index (χ1v) is 5.65. The first kappa shape index (κ1) is 10.6. The van der Waals surface area contributed by atoms with E-state index in [1.54, 1.807) is 6.20 Å². The number of nitrogens with zero attached hydrogens (tertiary/aromatic N) is 1. The van der Waals surface area contributed by atoms with E-state index in [9.17, 15) is 5.11 Å². The van der Waals surface area contributed by atoms with Crippen molar-refractivity contribution < 1.29 is 5.11 Å². The van der Waals surface area contributed by atoms with E-state index >= 15 is 0 Å². The molecule has 0 radical (unpaired) electrons. The maximum Gasteiger partial charge on any atom is 0.0771 e. The molecule has 1 heterocycles. The minimum Gasteiger partial charge on any atom is -0.389 e. The van der Waals surface area contributed by atoms with Crippen LogP contribution in [0.3, 0.4) is 0 Å². The molecule has 1 aliphatic carbocycles. The number of nitrogens with one attached hydrogen (secondary N) is 2. The summed E-state index contributed by atoms with van der Waals surface area (Å²) in [6, 6.07) is 2.17. The number of rotatable bonds is 4. The number of hydrogen-bond donors (Lipinski definition) is 3. The number of H-pyrrole nitrogens is 1. The van der Waals surface area contributed by atoms with Crippen molar-refractivity contribution in [3.63, 3.8) is 0 Å². The molecule has 1 aromatic rings. The molecule has 3 N–H and O–H groups in total. The Bertz CT molecular complexity index is 291. The molecule has 0 aliphatic heterocycles.